The van der Waals surface area contributed by atoms with Gasteiger partial charge in [-0.1, -0.05) is 6.07 Å². The molecule has 0 bridgehead atoms. The standard InChI is InChI=1S/C16H15N3O3/c1-12-3-2-4-14(18-12)11-17-16(20)10-7-13-5-8-15(9-6-13)19(21)22/h2-10H,11H2,1H3,(H,17,20)/b10-7+. The highest BCUT2D eigenvalue weighted by Gasteiger charge is 2.03. The Morgan fingerprint density at radius 3 is 2.64 bits per heavy atom. The molecule has 2 rings (SSSR count). The van der Waals surface area contributed by atoms with Crippen LogP contribution in [-0.4, -0.2) is 15.8 Å². The fraction of sp³-hybridized carbons (Fsp3) is 0.125. The monoisotopic (exact) mass is 297 g/mol. The van der Waals surface area contributed by atoms with E-state index >= 15 is 0 Å². The Bertz CT molecular complexity index is 709. The normalized spacial score (nSPS) is 10.6. The molecule has 0 aliphatic carbocycles. The Morgan fingerprint density at radius 2 is 2.00 bits per heavy atom. The van der Waals surface area contributed by atoms with Crippen LogP contribution in [0.5, 0.6) is 0 Å². The SMILES string of the molecule is Cc1cccc(CNC(=O)/C=C/c2ccc([N+](=O)[O-])cc2)n1. The maximum absolute atomic E-state index is 11.7. The summed E-state index contributed by atoms with van der Waals surface area (Å²) in [4.78, 5) is 26.1. The van der Waals surface area contributed by atoms with Crippen molar-refractivity contribution < 1.29 is 9.72 Å². The van der Waals surface area contributed by atoms with Gasteiger partial charge in [0.05, 0.1) is 17.2 Å². The number of pyridine rings is 1. The first-order valence-corrected chi connectivity index (χ1v) is 6.67. The zero-order chi connectivity index (χ0) is 15.9. The van der Waals surface area contributed by atoms with Gasteiger partial charge in [-0.25, -0.2) is 0 Å². The smallest absolute Gasteiger partial charge is 0.269 e. The third kappa shape index (κ3) is 4.52. The average Bonchev–Trinajstić information content (AvgIpc) is 2.51. The van der Waals surface area contributed by atoms with Crippen LogP contribution >= 0.6 is 0 Å². The molecular weight excluding hydrogens is 282 g/mol. The van der Waals surface area contributed by atoms with Gasteiger partial charge in [0.15, 0.2) is 0 Å². The first-order valence-electron chi connectivity index (χ1n) is 6.67. The second-order valence-electron chi connectivity index (χ2n) is 4.67. The van der Waals surface area contributed by atoms with Crippen LogP contribution in [0.15, 0.2) is 48.5 Å². The maximum Gasteiger partial charge on any atom is 0.269 e. The molecule has 22 heavy (non-hydrogen) atoms. The number of amides is 1. The Kier molecular flexibility index (Phi) is 4.98. The van der Waals surface area contributed by atoms with Crippen molar-refractivity contribution in [2.45, 2.75) is 13.5 Å². The van der Waals surface area contributed by atoms with E-state index in [9.17, 15) is 14.9 Å². The van der Waals surface area contributed by atoms with E-state index in [-0.39, 0.29) is 11.6 Å². The first kappa shape index (κ1) is 15.4. The Balaban J connectivity index is 1.89. The highest BCUT2D eigenvalue weighted by atomic mass is 16.6. The number of carbonyl (C=O) groups excluding carboxylic acids is 1. The van der Waals surface area contributed by atoms with Gasteiger partial charge in [0.1, 0.15) is 0 Å². The fourth-order valence-electron chi connectivity index (χ4n) is 1.81. The Morgan fingerprint density at radius 1 is 1.27 bits per heavy atom. The summed E-state index contributed by atoms with van der Waals surface area (Å²) in [7, 11) is 0. The van der Waals surface area contributed by atoms with Crippen molar-refractivity contribution in [3.63, 3.8) is 0 Å². The summed E-state index contributed by atoms with van der Waals surface area (Å²) in [5.41, 5.74) is 2.42. The van der Waals surface area contributed by atoms with Crippen LogP contribution in [-0.2, 0) is 11.3 Å². The third-order valence-corrected chi connectivity index (χ3v) is 2.92. The molecule has 0 saturated carbocycles. The van der Waals surface area contributed by atoms with E-state index < -0.39 is 4.92 Å². The summed E-state index contributed by atoms with van der Waals surface area (Å²) in [6.07, 6.45) is 2.99. The number of hydrogen-bond acceptors (Lipinski definition) is 4. The maximum atomic E-state index is 11.7. The lowest BCUT2D eigenvalue weighted by molar-refractivity contribution is -0.384. The van der Waals surface area contributed by atoms with E-state index in [4.69, 9.17) is 0 Å². The predicted octanol–water partition coefficient (Wildman–Crippen LogP) is 2.63. The third-order valence-electron chi connectivity index (χ3n) is 2.92. The zero-order valence-electron chi connectivity index (χ0n) is 12.0. The quantitative estimate of drug-likeness (QED) is 0.522. The molecule has 0 spiro atoms. The number of aromatic nitrogens is 1. The van der Waals surface area contributed by atoms with E-state index in [2.05, 4.69) is 10.3 Å². The number of nitrogens with zero attached hydrogens (tertiary/aromatic N) is 2. The molecule has 0 unspecified atom stereocenters. The lowest BCUT2D eigenvalue weighted by atomic mass is 10.2. The van der Waals surface area contributed by atoms with Gasteiger partial charge in [0.2, 0.25) is 5.91 Å². The molecule has 1 aromatic heterocycles. The van der Waals surface area contributed by atoms with Gasteiger partial charge in [0, 0.05) is 23.9 Å². The molecule has 6 heteroatoms. The molecule has 1 heterocycles. The number of hydrogen-bond donors (Lipinski definition) is 1. The molecule has 0 fully saturated rings. The number of nitrogens with one attached hydrogen (secondary N) is 1. The molecule has 0 aliphatic heterocycles. The minimum Gasteiger partial charge on any atom is -0.347 e. The summed E-state index contributed by atoms with van der Waals surface area (Å²) in [6.45, 7) is 2.24. The molecule has 2 aromatic rings. The number of nitro groups is 1. The van der Waals surface area contributed by atoms with Crippen molar-refractivity contribution >= 4 is 17.7 Å². The van der Waals surface area contributed by atoms with Crippen molar-refractivity contribution in [1.29, 1.82) is 0 Å². The van der Waals surface area contributed by atoms with Crippen molar-refractivity contribution in [1.82, 2.24) is 10.3 Å². The lowest BCUT2D eigenvalue weighted by Crippen LogP contribution is -2.20. The number of carbonyl (C=O) groups is 1. The van der Waals surface area contributed by atoms with Gasteiger partial charge in [-0.05, 0) is 42.8 Å². The Labute approximate surface area is 127 Å². The van der Waals surface area contributed by atoms with Gasteiger partial charge < -0.3 is 5.32 Å². The fourth-order valence-corrected chi connectivity index (χ4v) is 1.81. The number of non-ortho nitro benzene ring substituents is 1. The van der Waals surface area contributed by atoms with Crippen molar-refractivity contribution in [3.05, 3.63) is 75.6 Å². The van der Waals surface area contributed by atoms with Crippen LogP contribution in [0.4, 0.5) is 5.69 Å². The highest BCUT2D eigenvalue weighted by molar-refractivity contribution is 5.91. The van der Waals surface area contributed by atoms with E-state index in [1.165, 1.54) is 18.2 Å². The average molecular weight is 297 g/mol. The highest BCUT2D eigenvalue weighted by Crippen LogP contribution is 2.12. The van der Waals surface area contributed by atoms with E-state index in [0.29, 0.717) is 6.54 Å². The molecule has 112 valence electrons. The molecule has 1 amide bonds. The summed E-state index contributed by atoms with van der Waals surface area (Å²) < 4.78 is 0. The summed E-state index contributed by atoms with van der Waals surface area (Å²) in [6, 6.07) is 11.6. The van der Waals surface area contributed by atoms with E-state index in [1.807, 2.05) is 25.1 Å². The summed E-state index contributed by atoms with van der Waals surface area (Å²) >= 11 is 0. The van der Waals surface area contributed by atoms with Crippen LogP contribution in [0.3, 0.4) is 0 Å². The first-order chi connectivity index (χ1) is 10.5. The minimum atomic E-state index is -0.463. The van der Waals surface area contributed by atoms with E-state index in [0.717, 1.165) is 17.0 Å². The predicted molar refractivity (Wildman–Crippen MR) is 83.0 cm³/mol. The number of nitro benzene ring substituents is 1. The summed E-state index contributed by atoms with van der Waals surface area (Å²) in [5, 5.41) is 13.3. The molecule has 0 radical (unpaired) electrons. The second kappa shape index (κ2) is 7.12. The molecule has 0 aliphatic rings. The van der Waals surface area contributed by atoms with Crippen LogP contribution in [0.2, 0.25) is 0 Å². The lowest BCUT2D eigenvalue weighted by Gasteiger charge is -2.02. The number of aryl methyl sites for hydroxylation is 1. The van der Waals surface area contributed by atoms with Crippen molar-refractivity contribution in [2.24, 2.45) is 0 Å². The molecular formula is C16H15N3O3. The molecule has 0 atom stereocenters. The number of rotatable bonds is 5. The largest absolute Gasteiger partial charge is 0.347 e. The van der Waals surface area contributed by atoms with Crippen LogP contribution in [0, 0.1) is 17.0 Å². The minimum absolute atomic E-state index is 0.0205. The van der Waals surface area contributed by atoms with Crippen LogP contribution in [0.1, 0.15) is 17.0 Å². The van der Waals surface area contributed by atoms with Gasteiger partial charge in [0.25, 0.3) is 5.69 Å². The Hall–Kier alpha value is -3.02. The van der Waals surface area contributed by atoms with Gasteiger partial charge in [-0.2, -0.15) is 0 Å². The van der Waals surface area contributed by atoms with Gasteiger partial charge in [-0.15, -0.1) is 0 Å². The van der Waals surface area contributed by atoms with Crippen molar-refractivity contribution in [3.8, 4) is 0 Å². The molecule has 6 nitrogen and oxygen atoms in total. The topological polar surface area (TPSA) is 85.1 Å². The molecule has 0 saturated heterocycles. The molecule has 1 aromatic carbocycles. The summed E-state index contributed by atoms with van der Waals surface area (Å²) in [5.74, 6) is -0.248. The van der Waals surface area contributed by atoms with Crippen molar-refractivity contribution in [2.75, 3.05) is 0 Å². The van der Waals surface area contributed by atoms with E-state index in [1.54, 1.807) is 18.2 Å². The van der Waals surface area contributed by atoms with Crippen LogP contribution < -0.4 is 5.32 Å². The number of benzene rings is 1. The van der Waals surface area contributed by atoms with Gasteiger partial charge >= 0.3 is 0 Å². The zero-order valence-corrected chi connectivity index (χ0v) is 12.0. The van der Waals surface area contributed by atoms with Crippen LogP contribution in [0.25, 0.3) is 6.08 Å². The second-order valence-corrected chi connectivity index (χ2v) is 4.67. The van der Waals surface area contributed by atoms with Gasteiger partial charge in [-0.3, -0.25) is 19.9 Å². The molecule has 1 N–H and O–H groups in total.